The van der Waals surface area contributed by atoms with Crippen LogP contribution in [0, 0.1) is 0 Å². The van der Waals surface area contributed by atoms with Crippen molar-refractivity contribution in [3.63, 3.8) is 0 Å². The Kier molecular flexibility index (Phi) is 4.18. The van der Waals surface area contributed by atoms with Gasteiger partial charge in [-0.1, -0.05) is 60.7 Å². The number of hydrogen-bond acceptors (Lipinski definition) is 1. The summed E-state index contributed by atoms with van der Waals surface area (Å²) in [7, 11) is 0. The number of halogens is 1. The summed E-state index contributed by atoms with van der Waals surface area (Å²) in [5.74, 6) is -0.625. The van der Waals surface area contributed by atoms with Crippen molar-refractivity contribution in [2.75, 3.05) is 0 Å². The first kappa shape index (κ1) is 14.3. The van der Waals surface area contributed by atoms with Crippen LogP contribution in [0.25, 0.3) is 0 Å². The molecule has 2 aromatic rings. The van der Waals surface area contributed by atoms with Crippen molar-refractivity contribution >= 4 is 5.91 Å². The fourth-order valence-corrected chi connectivity index (χ4v) is 2.04. The summed E-state index contributed by atoms with van der Waals surface area (Å²) in [6, 6.07) is 17.7. The zero-order valence-corrected chi connectivity index (χ0v) is 11.6. The van der Waals surface area contributed by atoms with Gasteiger partial charge in [-0.05, 0) is 25.0 Å². The Morgan fingerprint density at radius 1 is 1.05 bits per heavy atom. The van der Waals surface area contributed by atoms with Crippen LogP contribution < -0.4 is 5.32 Å². The number of carbonyl (C=O) groups excluding carboxylic acids is 1. The predicted molar refractivity (Wildman–Crippen MR) is 77.9 cm³/mol. The van der Waals surface area contributed by atoms with Gasteiger partial charge in [-0.3, -0.25) is 4.79 Å². The van der Waals surface area contributed by atoms with Crippen LogP contribution in [0.3, 0.4) is 0 Å². The SMILES string of the molecule is CC(NC(=O)C(C)(F)c1ccccc1)c1ccccc1. The smallest absolute Gasteiger partial charge is 0.262 e. The van der Waals surface area contributed by atoms with E-state index in [9.17, 15) is 9.18 Å². The van der Waals surface area contributed by atoms with E-state index in [4.69, 9.17) is 0 Å². The highest BCUT2D eigenvalue weighted by Crippen LogP contribution is 2.26. The molecule has 2 unspecified atom stereocenters. The maximum Gasteiger partial charge on any atom is 0.262 e. The molecule has 0 fully saturated rings. The summed E-state index contributed by atoms with van der Waals surface area (Å²) in [5.41, 5.74) is -0.730. The molecule has 0 aliphatic heterocycles. The largest absolute Gasteiger partial charge is 0.346 e. The molecule has 0 bridgehead atoms. The first-order chi connectivity index (χ1) is 9.51. The summed E-state index contributed by atoms with van der Waals surface area (Å²) in [5, 5.41) is 2.72. The fourth-order valence-electron chi connectivity index (χ4n) is 2.04. The molecule has 2 nitrogen and oxygen atoms in total. The summed E-state index contributed by atoms with van der Waals surface area (Å²) in [4.78, 5) is 12.2. The van der Waals surface area contributed by atoms with Gasteiger partial charge in [-0.15, -0.1) is 0 Å². The minimum atomic E-state index is -2.04. The second-order valence-electron chi connectivity index (χ2n) is 4.97. The molecule has 1 amide bonds. The third-order valence-electron chi connectivity index (χ3n) is 3.39. The third-order valence-corrected chi connectivity index (χ3v) is 3.39. The van der Waals surface area contributed by atoms with Crippen molar-refractivity contribution in [3.8, 4) is 0 Å². The van der Waals surface area contributed by atoms with Crippen LogP contribution >= 0.6 is 0 Å². The molecule has 0 aromatic heterocycles. The summed E-state index contributed by atoms with van der Waals surface area (Å²) in [6.45, 7) is 3.13. The van der Waals surface area contributed by atoms with Gasteiger partial charge in [-0.2, -0.15) is 0 Å². The Morgan fingerprint density at radius 2 is 1.55 bits per heavy atom. The van der Waals surface area contributed by atoms with Gasteiger partial charge in [0, 0.05) is 0 Å². The van der Waals surface area contributed by atoms with E-state index in [2.05, 4.69) is 5.32 Å². The Morgan fingerprint density at radius 3 is 2.10 bits per heavy atom. The Hall–Kier alpha value is -2.16. The molecule has 1 N–H and O–H groups in total. The molecule has 0 saturated carbocycles. The average Bonchev–Trinajstić information content (AvgIpc) is 2.49. The van der Waals surface area contributed by atoms with Crippen LogP contribution in [0.4, 0.5) is 4.39 Å². The van der Waals surface area contributed by atoms with Crippen molar-refractivity contribution in [2.24, 2.45) is 0 Å². The molecule has 2 atom stereocenters. The van der Waals surface area contributed by atoms with Crippen molar-refractivity contribution in [3.05, 3.63) is 71.8 Å². The number of nitrogens with one attached hydrogen (secondary N) is 1. The van der Waals surface area contributed by atoms with Crippen molar-refractivity contribution in [1.29, 1.82) is 0 Å². The fraction of sp³-hybridized carbons (Fsp3) is 0.235. The second-order valence-corrected chi connectivity index (χ2v) is 4.97. The number of benzene rings is 2. The van der Waals surface area contributed by atoms with Crippen LogP contribution in [0.15, 0.2) is 60.7 Å². The highest BCUT2D eigenvalue weighted by atomic mass is 19.1. The van der Waals surface area contributed by atoms with Gasteiger partial charge in [0.2, 0.25) is 5.67 Å². The molecule has 3 heteroatoms. The predicted octanol–water partition coefficient (Wildman–Crippen LogP) is 3.75. The molecule has 2 aromatic carbocycles. The lowest BCUT2D eigenvalue weighted by molar-refractivity contribution is -0.133. The number of carbonyl (C=O) groups is 1. The third kappa shape index (κ3) is 3.05. The monoisotopic (exact) mass is 271 g/mol. The van der Waals surface area contributed by atoms with Gasteiger partial charge < -0.3 is 5.32 Å². The van der Waals surface area contributed by atoms with Gasteiger partial charge in [0.1, 0.15) is 0 Å². The zero-order chi connectivity index (χ0) is 14.6. The molecule has 104 valence electrons. The van der Waals surface area contributed by atoms with Gasteiger partial charge in [0.15, 0.2) is 0 Å². The minimum Gasteiger partial charge on any atom is -0.346 e. The lowest BCUT2D eigenvalue weighted by atomic mass is 9.96. The molecular formula is C17H18FNO. The molecule has 0 heterocycles. The van der Waals surface area contributed by atoms with E-state index >= 15 is 0 Å². The first-order valence-electron chi connectivity index (χ1n) is 6.62. The molecule has 2 rings (SSSR count). The van der Waals surface area contributed by atoms with Gasteiger partial charge in [0.25, 0.3) is 5.91 Å². The quantitative estimate of drug-likeness (QED) is 0.901. The van der Waals surface area contributed by atoms with E-state index in [0.717, 1.165) is 5.56 Å². The topological polar surface area (TPSA) is 29.1 Å². The van der Waals surface area contributed by atoms with Crippen LogP contribution in [-0.2, 0) is 10.5 Å². The van der Waals surface area contributed by atoms with Crippen LogP contribution in [-0.4, -0.2) is 5.91 Å². The van der Waals surface area contributed by atoms with Crippen LogP contribution in [0.1, 0.15) is 31.0 Å². The first-order valence-corrected chi connectivity index (χ1v) is 6.62. The Labute approximate surface area is 118 Å². The molecule has 0 aliphatic rings. The number of amides is 1. The molecule has 0 radical (unpaired) electrons. The molecule has 20 heavy (non-hydrogen) atoms. The number of rotatable bonds is 4. The van der Waals surface area contributed by atoms with Crippen molar-refractivity contribution < 1.29 is 9.18 Å². The van der Waals surface area contributed by atoms with Gasteiger partial charge in [0.05, 0.1) is 6.04 Å². The molecular weight excluding hydrogens is 253 g/mol. The standard InChI is InChI=1S/C17H18FNO/c1-13(14-9-5-3-6-10-14)19-16(20)17(2,18)15-11-7-4-8-12-15/h3-13H,1-2H3,(H,19,20). The average molecular weight is 271 g/mol. The van der Waals surface area contributed by atoms with Gasteiger partial charge in [-0.25, -0.2) is 4.39 Å². The number of alkyl halides is 1. The van der Waals surface area contributed by atoms with Crippen LogP contribution in [0.2, 0.25) is 0 Å². The van der Waals surface area contributed by atoms with E-state index in [1.165, 1.54) is 6.92 Å². The van der Waals surface area contributed by atoms with Crippen molar-refractivity contribution in [1.82, 2.24) is 5.32 Å². The number of hydrogen-bond donors (Lipinski definition) is 1. The minimum absolute atomic E-state index is 0.234. The van der Waals surface area contributed by atoms with Gasteiger partial charge >= 0.3 is 0 Å². The lowest BCUT2D eigenvalue weighted by Crippen LogP contribution is -2.40. The van der Waals surface area contributed by atoms with E-state index in [1.54, 1.807) is 30.3 Å². The van der Waals surface area contributed by atoms with Crippen LogP contribution in [0.5, 0.6) is 0 Å². The van der Waals surface area contributed by atoms with E-state index in [0.29, 0.717) is 5.56 Å². The summed E-state index contributed by atoms with van der Waals surface area (Å²) >= 11 is 0. The molecule has 0 saturated heterocycles. The highest BCUT2D eigenvalue weighted by Gasteiger charge is 2.35. The summed E-state index contributed by atoms with van der Waals surface area (Å²) < 4.78 is 14.7. The maximum atomic E-state index is 14.7. The highest BCUT2D eigenvalue weighted by molar-refractivity contribution is 5.86. The van der Waals surface area contributed by atoms with E-state index < -0.39 is 11.6 Å². The van der Waals surface area contributed by atoms with E-state index in [-0.39, 0.29) is 6.04 Å². The lowest BCUT2D eigenvalue weighted by Gasteiger charge is -2.23. The summed E-state index contributed by atoms with van der Waals surface area (Å²) in [6.07, 6.45) is 0. The molecule has 0 spiro atoms. The zero-order valence-electron chi connectivity index (χ0n) is 11.6. The normalized spacial score (nSPS) is 15.2. The van der Waals surface area contributed by atoms with Crippen molar-refractivity contribution in [2.45, 2.75) is 25.6 Å². The maximum absolute atomic E-state index is 14.7. The molecule has 0 aliphatic carbocycles. The Bertz CT molecular complexity index is 566. The Balaban J connectivity index is 2.12. The van der Waals surface area contributed by atoms with E-state index in [1.807, 2.05) is 37.3 Å². The second kappa shape index (κ2) is 5.87.